The molecule has 4 rings (SSSR count). The number of halogens is 1. The minimum absolute atomic E-state index is 0.0516. The van der Waals surface area contributed by atoms with Crippen molar-refractivity contribution in [1.29, 1.82) is 0 Å². The Morgan fingerprint density at radius 2 is 1.90 bits per heavy atom. The molecule has 3 aromatic rings. The number of carbonyl (C=O) groups is 2. The van der Waals surface area contributed by atoms with Gasteiger partial charge in [-0.2, -0.15) is 4.31 Å². The van der Waals surface area contributed by atoms with Crippen LogP contribution in [0.25, 0.3) is 0 Å². The number of para-hydroxylation sites is 1. The molecule has 3 N–H and O–H groups in total. The molecule has 0 radical (unpaired) electrons. The molecular weight excluding hydrogens is 569 g/mol. The van der Waals surface area contributed by atoms with Crippen LogP contribution in [0.1, 0.15) is 35.7 Å². The molecule has 0 spiro atoms. The van der Waals surface area contributed by atoms with E-state index >= 15 is 0 Å². The minimum Gasteiger partial charge on any atom is -0.486 e. The fourth-order valence-electron chi connectivity index (χ4n) is 4.63. The molecule has 42 heavy (non-hydrogen) atoms. The summed E-state index contributed by atoms with van der Waals surface area (Å²) in [6.45, 7) is 6.56. The summed E-state index contributed by atoms with van der Waals surface area (Å²) in [5.74, 6) is -0.933. The molecule has 0 bridgehead atoms. The van der Waals surface area contributed by atoms with Crippen LogP contribution >= 0.6 is 0 Å². The van der Waals surface area contributed by atoms with Gasteiger partial charge in [0.05, 0.1) is 35.3 Å². The number of benzene rings is 2. The lowest BCUT2D eigenvalue weighted by Gasteiger charge is -2.38. The zero-order valence-corrected chi connectivity index (χ0v) is 24.7. The van der Waals surface area contributed by atoms with Crippen LogP contribution in [-0.4, -0.2) is 78.7 Å². The molecule has 3 amide bonds. The van der Waals surface area contributed by atoms with E-state index in [2.05, 4.69) is 15.8 Å². The van der Waals surface area contributed by atoms with Crippen LogP contribution in [0.5, 0.6) is 5.75 Å². The van der Waals surface area contributed by atoms with Crippen LogP contribution < -0.4 is 15.4 Å². The second-order valence-electron chi connectivity index (χ2n) is 10.3. The van der Waals surface area contributed by atoms with Gasteiger partial charge in [-0.05, 0) is 57.2 Å². The highest BCUT2D eigenvalue weighted by atomic mass is 32.2. The molecule has 0 saturated heterocycles. The number of rotatable bonds is 8. The number of nitrogens with one attached hydrogen (secondary N) is 2. The highest BCUT2D eigenvalue weighted by molar-refractivity contribution is 7.89. The topological polar surface area (TPSA) is 154 Å². The van der Waals surface area contributed by atoms with Crippen LogP contribution in [0.2, 0.25) is 0 Å². The van der Waals surface area contributed by atoms with Crippen molar-refractivity contribution in [3.05, 3.63) is 65.3 Å². The fourth-order valence-corrected chi connectivity index (χ4v) is 5.81. The first-order valence-electron chi connectivity index (χ1n) is 13.3. The molecule has 2 aromatic carbocycles. The van der Waals surface area contributed by atoms with Crippen molar-refractivity contribution in [3.8, 4) is 5.75 Å². The number of aryl methyl sites for hydroxylation is 2. The van der Waals surface area contributed by atoms with E-state index in [9.17, 15) is 27.5 Å². The number of amides is 3. The highest BCUT2D eigenvalue weighted by Crippen LogP contribution is 2.35. The molecule has 1 aromatic heterocycles. The van der Waals surface area contributed by atoms with Crippen molar-refractivity contribution in [3.63, 3.8) is 0 Å². The summed E-state index contributed by atoms with van der Waals surface area (Å²) in [5.41, 5.74) is 1.17. The van der Waals surface area contributed by atoms with Crippen LogP contribution in [0.3, 0.4) is 0 Å². The summed E-state index contributed by atoms with van der Waals surface area (Å²) < 4.78 is 52.6. The minimum atomic E-state index is -4.02. The lowest BCUT2D eigenvalue weighted by Crippen LogP contribution is -2.50. The van der Waals surface area contributed by atoms with E-state index in [-0.39, 0.29) is 41.6 Å². The maximum atomic E-state index is 13.7. The van der Waals surface area contributed by atoms with Gasteiger partial charge in [0.2, 0.25) is 10.0 Å². The zero-order chi connectivity index (χ0) is 30.8. The van der Waals surface area contributed by atoms with Gasteiger partial charge in [0.25, 0.3) is 5.91 Å². The molecule has 0 fully saturated rings. The van der Waals surface area contributed by atoms with Crippen molar-refractivity contribution in [2.75, 3.05) is 37.4 Å². The second kappa shape index (κ2) is 12.5. The van der Waals surface area contributed by atoms with E-state index in [0.717, 1.165) is 16.4 Å². The number of hydrogen-bond acceptors (Lipinski definition) is 8. The lowest BCUT2D eigenvalue weighted by atomic mass is 9.99. The van der Waals surface area contributed by atoms with Crippen molar-refractivity contribution in [2.24, 2.45) is 5.92 Å². The molecule has 0 saturated carbocycles. The third-order valence-corrected chi connectivity index (χ3v) is 9.01. The zero-order valence-electron chi connectivity index (χ0n) is 23.9. The van der Waals surface area contributed by atoms with Crippen molar-refractivity contribution in [1.82, 2.24) is 14.4 Å². The van der Waals surface area contributed by atoms with Gasteiger partial charge in [-0.15, -0.1) is 0 Å². The Hall–Kier alpha value is -4.01. The van der Waals surface area contributed by atoms with Gasteiger partial charge < -0.3 is 29.9 Å². The van der Waals surface area contributed by atoms with Crippen molar-refractivity contribution < 1.29 is 36.8 Å². The lowest BCUT2D eigenvalue weighted by molar-refractivity contribution is 0.0389. The summed E-state index contributed by atoms with van der Waals surface area (Å²) in [6.07, 6.45) is -0.793. The number of aliphatic hydroxyl groups is 1. The molecule has 2 heterocycles. The van der Waals surface area contributed by atoms with Crippen LogP contribution in [0.4, 0.5) is 20.6 Å². The molecule has 3 atom stereocenters. The number of ether oxygens (including phenoxy) is 1. The molecule has 1 aliphatic rings. The average Bonchev–Trinajstić information content (AvgIpc) is 3.26. The van der Waals surface area contributed by atoms with E-state index in [4.69, 9.17) is 9.26 Å². The van der Waals surface area contributed by atoms with E-state index in [1.54, 1.807) is 39.8 Å². The fraction of sp³-hybridized carbons (Fsp3) is 0.393. The largest absolute Gasteiger partial charge is 0.486 e. The number of sulfonamides is 1. The van der Waals surface area contributed by atoms with Crippen LogP contribution in [-0.2, 0) is 10.0 Å². The van der Waals surface area contributed by atoms with Gasteiger partial charge in [-0.1, -0.05) is 18.1 Å². The Bertz CT molecular complexity index is 1540. The summed E-state index contributed by atoms with van der Waals surface area (Å²) in [7, 11) is -2.63. The first-order chi connectivity index (χ1) is 19.8. The molecule has 1 aliphatic heterocycles. The number of hydrogen-bond donors (Lipinski definition) is 3. The first kappa shape index (κ1) is 30.9. The number of aliphatic hydroxyl groups excluding tert-OH is 1. The Morgan fingerprint density at radius 1 is 1.21 bits per heavy atom. The summed E-state index contributed by atoms with van der Waals surface area (Å²) >= 11 is 0. The van der Waals surface area contributed by atoms with Gasteiger partial charge in [0.15, 0.2) is 11.5 Å². The van der Waals surface area contributed by atoms with Gasteiger partial charge >= 0.3 is 6.03 Å². The van der Waals surface area contributed by atoms with Crippen molar-refractivity contribution in [2.45, 2.75) is 44.7 Å². The maximum absolute atomic E-state index is 13.7. The van der Waals surface area contributed by atoms with Gasteiger partial charge in [0, 0.05) is 19.5 Å². The number of nitrogens with zero attached hydrogens (tertiary/aromatic N) is 3. The monoisotopic (exact) mass is 603 g/mol. The van der Waals surface area contributed by atoms with E-state index < -0.39 is 45.8 Å². The quantitative estimate of drug-likeness (QED) is 0.353. The number of carbonyl (C=O) groups excluding carboxylic acids is 2. The average molecular weight is 604 g/mol. The standard InChI is InChI=1S/C28H34FN5O7S/c1-16-13-34(17(2)15-35)27(36)22-7-6-8-23(30-28(37)31-25-18(3)32-41-19(25)4)26(22)40-24(16)14-33(5)42(38,39)21-11-9-20(29)10-12-21/h6-12,16-17,24,35H,13-15H2,1-5H3,(H2,30,31,37)/t16-,17+,24-/m0/s1. The van der Waals surface area contributed by atoms with Gasteiger partial charge in [0.1, 0.15) is 23.3 Å². The normalized spacial score (nSPS) is 18.1. The number of urea groups is 1. The second-order valence-corrected chi connectivity index (χ2v) is 12.4. The smallest absolute Gasteiger partial charge is 0.323 e. The number of fused-ring (bicyclic) bond motifs is 1. The van der Waals surface area contributed by atoms with Crippen LogP contribution in [0, 0.1) is 25.6 Å². The Kier molecular flexibility index (Phi) is 9.18. The van der Waals surface area contributed by atoms with Gasteiger partial charge in [-0.3, -0.25) is 4.79 Å². The molecule has 0 unspecified atom stereocenters. The van der Waals surface area contributed by atoms with E-state index in [0.29, 0.717) is 17.1 Å². The SMILES string of the molecule is Cc1noc(C)c1NC(=O)Nc1cccc2c1O[C@@H](CN(C)S(=O)(=O)c1ccc(F)cc1)[C@@H](C)CN([C@H](C)CO)C2=O. The summed E-state index contributed by atoms with van der Waals surface area (Å²) in [5, 5.41) is 19.1. The number of anilines is 2. The molecule has 12 nitrogen and oxygen atoms in total. The maximum Gasteiger partial charge on any atom is 0.323 e. The van der Waals surface area contributed by atoms with Crippen molar-refractivity contribution >= 4 is 33.3 Å². The Balaban J connectivity index is 1.70. The molecule has 14 heteroatoms. The van der Waals surface area contributed by atoms with E-state index in [1.165, 1.54) is 30.1 Å². The number of aromatic nitrogens is 1. The molecule has 226 valence electrons. The Morgan fingerprint density at radius 3 is 2.52 bits per heavy atom. The Labute approximate surface area is 243 Å². The van der Waals surface area contributed by atoms with Crippen LogP contribution in [0.15, 0.2) is 51.9 Å². The molecular formula is C28H34FN5O7S. The van der Waals surface area contributed by atoms with Gasteiger partial charge in [-0.25, -0.2) is 17.6 Å². The predicted octanol–water partition coefficient (Wildman–Crippen LogP) is 3.62. The molecule has 0 aliphatic carbocycles. The first-order valence-corrected chi connectivity index (χ1v) is 14.7. The third-order valence-electron chi connectivity index (χ3n) is 7.17. The highest BCUT2D eigenvalue weighted by Gasteiger charge is 2.36. The predicted molar refractivity (Wildman–Crippen MR) is 152 cm³/mol. The summed E-state index contributed by atoms with van der Waals surface area (Å²) in [4.78, 5) is 28.1. The number of likely N-dealkylation sites (N-methyl/N-ethyl adjacent to an activating group) is 1. The summed E-state index contributed by atoms with van der Waals surface area (Å²) in [6, 6.07) is 7.99. The third kappa shape index (κ3) is 6.40. The van der Waals surface area contributed by atoms with E-state index in [1.807, 2.05) is 0 Å².